The summed E-state index contributed by atoms with van der Waals surface area (Å²) in [4.78, 5) is 10.1. The van der Waals surface area contributed by atoms with E-state index < -0.39 is 4.92 Å². The van der Waals surface area contributed by atoms with Crippen LogP contribution < -0.4 is 9.47 Å². The Morgan fingerprint density at radius 2 is 1.38 bits per heavy atom. The summed E-state index contributed by atoms with van der Waals surface area (Å²) in [7, 11) is 0. The zero-order valence-corrected chi connectivity index (χ0v) is 14.0. The molecule has 0 unspecified atom stereocenters. The second-order valence-corrected chi connectivity index (χ2v) is 4.57. The van der Waals surface area contributed by atoms with Crippen LogP contribution in [0.4, 0.5) is 5.69 Å². The number of hydrogen-bond acceptors (Lipinski definition) is 5. The lowest BCUT2D eigenvalue weighted by Gasteiger charge is -2.08. The molecule has 6 heteroatoms. The first kappa shape index (κ1) is 19.4. The van der Waals surface area contributed by atoms with Crippen molar-refractivity contribution < 1.29 is 19.5 Å². The fourth-order valence-corrected chi connectivity index (χ4v) is 1.86. The molecule has 0 saturated carbocycles. The highest BCUT2D eigenvalue weighted by Crippen LogP contribution is 2.17. The summed E-state index contributed by atoms with van der Waals surface area (Å²) in [5, 5.41) is 19.4. The van der Waals surface area contributed by atoms with Crippen molar-refractivity contribution >= 4 is 5.69 Å². The van der Waals surface area contributed by atoms with Crippen LogP contribution in [0.3, 0.4) is 0 Å². The second-order valence-electron chi connectivity index (χ2n) is 4.57. The Labute approximate surface area is 141 Å². The van der Waals surface area contributed by atoms with Crippen molar-refractivity contribution in [2.45, 2.75) is 20.3 Å². The molecule has 0 aliphatic carbocycles. The average Bonchev–Trinajstić information content (AvgIpc) is 2.62. The summed E-state index contributed by atoms with van der Waals surface area (Å²) in [6, 6.07) is 13.4. The topological polar surface area (TPSA) is 81.8 Å². The summed E-state index contributed by atoms with van der Waals surface area (Å²) in [6.07, 6.45) is 0.629. The Hall–Kier alpha value is -2.60. The fourth-order valence-electron chi connectivity index (χ4n) is 1.86. The zero-order chi connectivity index (χ0) is 17.8. The molecular formula is C18H23NO5. The van der Waals surface area contributed by atoms with Crippen LogP contribution in [-0.4, -0.2) is 29.9 Å². The van der Waals surface area contributed by atoms with Gasteiger partial charge in [-0.1, -0.05) is 26.0 Å². The highest BCUT2D eigenvalue weighted by atomic mass is 16.6. The lowest BCUT2D eigenvalue weighted by atomic mass is 10.1. The minimum absolute atomic E-state index is 0.0339. The van der Waals surface area contributed by atoms with E-state index in [9.17, 15) is 10.1 Å². The summed E-state index contributed by atoms with van der Waals surface area (Å²) in [5.41, 5.74) is 1.09. The minimum atomic E-state index is -0.451. The molecule has 0 saturated heterocycles. The number of aliphatic hydroxyl groups excluding tert-OH is 1. The molecule has 0 heterocycles. The molecule has 0 radical (unpaired) electrons. The quantitative estimate of drug-likeness (QED) is 0.453. The van der Waals surface area contributed by atoms with Crippen molar-refractivity contribution in [1.29, 1.82) is 0 Å². The van der Waals surface area contributed by atoms with Crippen LogP contribution in [0, 0.1) is 10.1 Å². The lowest BCUT2D eigenvalue weighted by Crippen LogP contribution is -2.09. The van der Waals surface area contributed by atoms with E-state index >= 15 is 0 Å². The largest absolute Gasteiger partial charge is 0.490 e. The van der Waals surface area contributed by atoms with Crippen LogP contribution in [0.1, 0.15) is 19.4 Å². The van der Waals surface area contributed by atoms with Crippen molar-refractivity contribution in [1.82, 2.24) is 0 Å². The van der Waals surface area contributed by atoms with Crippen molar-refractivity contribution in [3.8, 4) is 11.5 Å². The van der Waals surface area contributed by atoms with Gasteiger partial charge in [-0.3, -0.25) is 10.1 Å². The Bertz CT molecular complexity index is 596. The van der Waals surface area contributed by atoms with Gasteiger partial charge in [-0.05, 0) is 36.2 Å². The van der Waals surface area contributed by atoms with Gasteiger partial charge in [0.1, 0.15) is 24.7 Å². The van der Waals surface area contributed by atoms with Gasteiger partial charge in [0.15, 0.2) is 0 Å². The third kappa shape index (κ3) is 6.66. The van der Waals surface area contributed by atoms with Crippen molar-refractivity contribution in [2.75, 3.05) is 19.8 Å². The van der Waals surface area contributed by atoms with Gasteiger partial charge in [-0.2, -0.15) is 0 Å². The first-order valence-corrected chi connectivity index (χ1v) is 7.89. The molecule has 0 bridgehead atoms. The predicted molar refractivity (Wildman–Crippen MR) is 92.7 cm³/mol. The molecule has 6 nitrogen and oxygen atoms in total. The molecule has 130 valence electrons. The normalized spacial score (nSPS) is 9.62. The molecule has 0 aromatic heterocycles. The molecule has 0 atom stereocenters. The predicted octanol–water partition coefficient (Wildman–Crippen LogP) is 3.61. The van der Waals surface area contributed by atoms with Gasteiger partial charge in [-0.25, -0.2) is 0 Å². The second kappa shape index (κ2) is 11.0. The van der Waals surface area contributed by atoms with E-state index in [-0.39, 0.29) is 12.3 Å². The van der Waals surface area contributed by atoms with Gasteiger partial charge in [0.25, 0.3) is 5.69 Å². The number of ether oxygens (including phenoxy) is 2. The number of rotatable bonds is 8. The summed E-state index contributed by atoms with van der Waals surface area (Å²) in [5.74, 6) is 1.29. The number of nitro benzene ring substituents is 1. The highest BCUT2D eigenvalue weighted by Gasteiger charge is 2.04. The number of hydrogen-bond donors (Lipinski definition) is 1. The van der Waals surface area contributed by atoms with E-state index in [0.717, 1.165) is 11.3 Å². The van der Waals surface area contributed by atoms with E-state index in [4.69, 9.17) is 14.6 Å². The maximum Gasteiger partial charge on any atom is 0.269 e. The molecule has 0 aliphatic heterocycles. The SMILES string of the molecule is CC.O=[N+]([O-])c1ccc(OCCOc2ccc(CCO)cc2)cc1. The van der Waals surface area contributed by atoms with E-state index in [1.54, 1.807) is 12.1 Å². The Kier molecular flexibility index (Phi) is 8.93. The molecular weight excluding hydrogens is 310 g/mol. The van der Waals surface area contributed by atoms with Crippen LogP contribution in [0.2, 0.25) is 0 Å². The van der Waals surface area contributed by atoms with E-state index in [1.807, 2.05) is 38.1 Å². The maximum atomic E-state index is 10.5. The minimum Gasteiger partial charge on any atom is -0.490 e. The number of nitro groups is 1. The van der Waals surface area contributed by atoms with Gasteiger partial charge in [-0.15, -0.1) is 0 Å². The van der Waals surface area contributed by atoms with Gasteiger partial charge in [0, 0.05) is 18.7 Å². The Morgan fingerprint density at radius 3 is 1.79 bits per heavy atom. The number of benzene rings is 2. The van der Waals surface area contributed by atoms with Gasteiger partial charge in [0.05, 0.1) is 4.92 Å². The van der Waals surface area contributed by atoms with Crippen molar-refractivity contribution in [3.05, 3.63) is 64.2 Å². The third-order valence-corrected chi connectivity index (χ3v) is 2.99. The van der Waals surface area contributed by atoms with Crippen LogP contribution in [0.5, 0.6) is 11.5 Å². The number of aliphatic hydroxyl groups is 1. The van der Waals surface area contributed by atoms with Gasteiger partial charge >= 0.3 is 0 Å². The molecule has 1 N–H and O–H groups in total. The van der Waals surface area contributed by atoms with Crippen molar-refractivity contribution in [3.63, 3.8) is 0 Å². The number of non-ortho nitro benzene ring substituents is 1. The first-order valence-electron chi connectivity index (χ1n) is 7.89. The van der Waals surface area contributed by atoms with E-state index in [1.165, 1.54) is 12.1 Å². The fraction of sp³-hybridized carbons (Fsp3) is 0.333. The van der Waals surface area contributed by atoms with Crippen LogP contribution >= 0.6 is 0 Å². The highest BCUT2D eigenvalue weighted by molar-refractivity contribution is 5.36. The molecule has 2 aromatic carbocycles. The zero-order valence-electron chi connectivity index (χ0n) is 14.0. The third-order valence-electron chi connectivity index (χ3n) is 2.99. The molecule has 0 spiro atoms. The average molecular weight is 333 g/mol. The van der Waals surface area contributed by atoms with E-state index in [2.05, 4.69) is 0 Å². The molecule has 0 amide bonds. The number of nitrogens with zero attached hydrogens (tertiary/aromatic N) is 1. The first-order chi connectivity index (χ1) is 11.7. The van der Waals surface area contributed by atoms with Crippen LogP contribution in [0.25, 0.3) is 0 Å². The summed E-state index contributed by atoms with van der Waals surface area (Å²) < 4.78 is 11.0. The Morgan fingerprint density at radius 1 is 0.917 bits per heavy atom. The lowest BCUT2D eigenvalue weighted by molar-refractivity contribution is -0.384. The smallest absolute Gasteiger partial charge is 0.269 e. The summed E-state index contributed by atoms with van der Waals surface area (Å²) >= 11 is 0. The molecule has 0 aliphatic rings. The molecule has 24 heavy (non-hydrogen) atoms. The Balaban J connectivity index is 0.00000139. The van der Waals surface area contributed by atoms with Gasteiger partial charge < -0.3 is 14.6 Å². The van der Waals surface area contributed by atoms with Crippen molar-refractivity contribution in [2.24, 2.45) is 0 Å². The van der Waals surface area contributed by atoms with Gasteiger partial charge in [0.2, 0.25) is 0 Å². The van der Waals surface area contributed by atoms with E-state index in [0.29, 0.717) is 25.4 Å². The summed E-state index contributed by atoms with van der Waals surface area (Å²) in [6.45, 7) is 4.84. The standard InChI is InChI=1S/C16H17NO5.C2H6/c18-10-9-13-1-5-15(6-2-13)21-11-12-22-16-7-3-14(4-8-16)17(19)20;1-2/h1-8,18H,9-12H2;1-2H3. The molecule has 2 rings (SSSR count). The molecule has 0 fully saturated rings. The maximum absolute atomic E-state index is 10.5. The molecule has 2 aromatic rings. The van der Waals surface area contributed by atoms with Crippen LogP contribution in [0.15, 0.2) is 48.5 Å². The monoisotopic (exact) mass is 333 g/mol. The van der Waals surface area contributed by atoms with Crippen LogP contribution in [-0.2, 0) is 6.42 Å².